The molecular formula is C15H21NO4. The molecule has 0 bridgehead atoms. The standard InChI is InChI=1S/C15H21NO4/c1-15(20-9-14(17)18)10-16(11-15)13(8-19-2)12-6-4-3-5-7-12/h3-7,13H,8-11H2,1-2H3,(H,17,18). The molecule has 1 unspecified atom stereocenters. The van der Waals surface area contributed by atoms with Gasteiger partial charge in [-0.3, -0.25) is 4.90 Å². The summed E-state index contributed by atoms with van der Waals surface area (Å²) in [6.07, 6.45) is 0. The van der Waals surface area contributed by atoms with Gasteiger partial charge in [0.15, 0.2) is 0 Å². The molecule has 1 aromatic carbocycles. The number of carbonyl (C=O) groups is 1. The summed E-state index contributed by atoms with van der Waals surface area (Å²) in [5.74, 6) is -0.929. The Morgan fingerprint density at radius 2 is 2.05 bits per heavy atom. The van der Waals surface area contributed by atoms with Crippen LogP contribution in [0.1, 0.15) is 18.5 Å². The first-order chi connectivity index (χ1) is 9.54. The molecule has 5 heteroatoms. The molecule has 110 valence electrons. The van der Waals surface area contributed by atoms with Gasteiger partial charge in [-0.1, -0.05) is 30.3 Å². The summed E-state index contributed by atoms with van der Waals surface area (Å²) in [5, 5.41) is 8.68. The maximum atomic E-state index is 10.6. The third kappa shape index (κ3) is 3.56. The van der Waals surface area contributed by atoms with E-state index in [1.54, 1.807) is 7.11 Å². The van der Waals surface area contributed by atoms with E-state index in [2.05, 4.69) is 17.0 Å². The minimum absolute atomic E-state index is 0.183. The summed E-state index contributed by atoms with van der Waals surface area (Å²) in [6, 6.07) is 10.4. The largest absolute Gasteiger partial charge is 0.480 e. The average molecular weight is 279 g/mol. The van der Waals surface area contributed by atoms with Crippen LogP contribution in [0.3, 0.4) is 0 Å². The van der Waals surface area contributed by atoms with E-state index in [1.165, 1.54) is 5.56 Å². The van der Waals surface area contributed by atoms with E-state index in [4.69, 9.17) is 14.6 Å². The van der Waals surface area contributed by atoms with Crippen molar-refractivity contribution in [3.63, 3.8) is 0 Å². The van der Waals surface area contributed by atoms with E-state index >= 15 is 0 Å². The second kappa shape index (κ2) is 6.35. The van der Waals surface area contributed by atoms with Gasteiger partial charge in [-0.05, 0) is 12.5 Å². The van der Waals surface area contributed by atoms with Crippen molar-refractivity contribution in [2.24, 2.45) is 0 Å². The molecule has 20 heavy (non-hydrogen) atoms. The number of rotatable bonds is 7. The van der Waals surface area contributed by atoms with E-state index in [-0.39, 0.29) is 18.2 Å². The third-order valence-electron chi connectivity index (χ3n) is 3.57. The fourth-order valence-electron chi connectivity index (χ4n) is 2.61. The fourth-order valence-corrected chi connectivity index (χ4v) is 2.61. The van der Waals surface area contributed by atoms with Crippen LogP contribution in [-0.4, -0.2) is 55.0 Å². The molecule has 1 saturated heterocycles. The van der Waals surface area contributed by atoms with Gasteiger partial charge in [0.1, 0.15) is 6.61 Å². The number of hydrogen-bond acceptors (Lipinski definition) is 4. The van der Waals surface area contributed by atoms with Crippen LogP contribution in [0.4, 0.5) is 0 Å². The van der Waals surface area contributed by atoms with Crippen molar-refractivity contribution in [1.82, 2.24) is 4.90 Å². The molecule has 5 nitrogen and oxygen atoms in total. The van der Waals surface area contributed by atoms with Gasteiger partial charge in [-0.15, -0.1) is 0 Å². The van der Waals surface area contributed by atoms with Crippen molar-refractivity contribution < 1.29 is 19.4 Å². The zero-order valence-electron chi connectivity index (χ0n) is 11.9. The molecule has 0 aromatic heterocycles. The molecule has 0 saturated carbocycles. The van der Waals surface area contributed by atoms with E-state index in [9.17, 15) is 4.79 Å². The molecule has 0 aliphatic carbocycles. The zero-order chi connectivity index (χ0) is 14.6. The lowest BCUT2D eigenvalue weighted by atomic mass is 9.92. The highest BCUT2D eigenvalue weighted by atomic mass is 16.5. The molecular weight excluding hydrogens is 258 g/mol. The number of carboxylic acid groups (broad SMARTS) is 1. The number of methoxy groups -OCH3 is 1. The molecule has 1 heterocycles. The Labute approximate surface area is 119 Å². The van der Waals surface area contributed by atoms with Gasteiger partial charge < -0.3 is 14.6 Å². The SMILES string of the molecule is COCC(c1ccccc1)N1CC(C)(OCC(=O)O)C1. The topological polar surface area (TPSA) is 59.0 Å². The number of benzene rings is 1. The van der Waals surface area contributed by atoms with Crippen molar-refractivity contribution in [2.45, 2.75) is 18.6 Å². The Kier molecular flexibility index (Phi) is 4.75. The minimum atomic E-state index is -0.929. The van der Waals surface area contributed by atoms with Crippen LogP contribution in [-0.2, 0) is 14.3 Å². The molecule has 0 radical (unpaired) electrons. The summed E-state index contributed by atoms with van der Waals surface area (Å²) >= 11 is 0. The van der Waals surface area contributed by atoms with Gasteiger partial charge in [-0.2, -0.15) is 0 Å². The molecule has 1 aliphatic rings. The molecule has 0 amide bonds. The highest BCUT2D eigenvalue weighted by Gasteiger charge is 2.43. The Morgan fingerprint density at radius 1 is 1.40 bits per heavy atom. The van der Waals surface area contributed by atoms with Gasteiger partial charge >= 0.3 is 5.97 Å². The first kappa shape index (κ1) is 15.0. The van der Waals surface area contributed by atoms with Gasteiger partial charge in [0, 0.05) is 20.2 Å². The number of likely N-dealkylation sites (tertiary alicyclic amines) is 1. The first-order valence-electron chi connectivity index (χ1n) is 6.68. The second-order valence-electron chi connectivity index (χ2n) is 5.42. The molecule has 1 fully saturated rings. The summed E-state index contributed by atoms with van der Waals surface area (Å²) in [6.45, 7) is 3.73. The number of carboxylic acids is 1. The predicted octanol–water partition coefficient (Wildman–Crippen LogP) is 1.55. The lowest BCUT2D eigenvalue weighted by Gasteiger charge is -2.50. The van der Waals surface area contributed by atoms with Crippen molar-refractivity contribution in [2.75, 3.05) is 33.4 Å². The summed E-state index contributed by atoms with van der Waals surface area (Å²) in [7, 11) is 1.69. The van der Waals surface area contributed by atoms with Crippen molar-refractivity contribution in [1.29, 1.82) is 0 Å². The first-order valence-corrected chi connectivity index (χ1v) is 6.68. The summed E-state index contributed by atoms with van der Waals surface area (Å²) < 4.78 is 10.7. The van der Waals surface area contributed by atoms with Gasteiger partial charge in [0.25, 0.3) is 0 Å². The Morgan fingerprint density at radius 3 is 2.60 bits per heavy atom. The summed E-state index contributed by atoms with van der Waals surface area (Å²) in [5.41, 5.74) is 0.828. The van der Waals surface area contributed by atoms with Gasteiger partial charge in [-0.25, -0.2) is 4.79 Å². The van der Waals surface area contributed by atoms with E-state index in [0.717, 1.165) is 0 Å². The maximum Gasteiger partial charge on any atom is 0.329 e. The van der Waals surface area contributed by atoms with Crippen molar-refractivity contribution >= 4 is 5.97 Å². The number of nitrogens with zero attached hydrogens (tertiary/aromatic N) is 1. The Bertz CT molecular complexity index is 442. The third-order valence-corrected chi connectivity index (χ3v) is 3.57. The predicted molar refractivity (Wildman–Crippen MR) is 74.6 cm³/mol. The summed E-state index contributed by atoms with van der Waals surface area (Å²) in [4.78, 5) is 12.8. The van der Waals surface area contributed by atoms with Crippen molar-refractivity contribution in [3.8, 4) is 0 Å². The molecule has 1 aliphatic heterocycles. The van der Waals surface area contributed by atoms with Crippen LogP contribution < -0.4 is 0 Å². The van der Waals surface area contributed by atoms with Crippen LogP contribution in [0.5, 0.6) is 0 Å². The Balaban J connectivity index is 1.95. The van der Waals surface area contributed by atoms with Gasteiger partial charge in [0.2, 0.25) is 0 Å². The van der Waals surface area contributed by atoms with E-state index in [0.29, 0.717) is 19.7 Å². The van der Waals surface area contributed by atoms with Crippen LogP contribution in [0, 0.1) is 0 Å². The molecule has 1 N–H and O–H groups in total. The van der Waals surface area contributed by atoms with Crippen molar-refractivity contribution in [3.05, 3.63) is 35.9 Å². The van der Waals surface area contributed by atoms with E-state index < -0.39 is 5.97 Å². The highest BCUT2D eigenvalue weighted by Crippen LogP contribution is 2.33. The normalized spacial score (nSPS) is 19.3. The molecule has 2 rings (SSSR count). The van der Waals surface area contributed by atoms with Crippen LogP contribution >= 0.6 is 0 Å². The molecule has 1 atom stereocenters. The monoisotopic (exact) mass is 279 g/mol. The second-order valence-corrected chi connectivity index (χ2v) is 5.42. The fraction of sp³-hybridized carbons (Fsp3) is 0.533. The Hall–Kier alpha value is -1.43. The van der Waals surface area contributed by atoms with Crippen LogP contribution in [0.2, 0.25) is 0 Å². The number of aliphatic carboxylic acids is 1. The van der Waals surface area contributed by atoms with Crippen LogP contribution in [0.15, 0.2) is 30.3 Å². The molecule has 1 aromatic rings. The number of ether oxygens (including phenoxy) is 2. The van der Waals surface area contributed by atoms with Crippen LogP contribution in [0.25, 0.3) is 0 Å². The van der Waals surface area contributed by atoms with E-state index in [1.807, 2.05) is 25.1 Å². The quantitative estimate of drug-likeness (QED) is 0.820. The minimum Gasteiger partial charge on any atom is -0.480 e. The average Bonchev–Trinajstić information content (AvgIpc) is 2.41. The lowest BCUT2D eigenvalue weighted by molar-refractivity contribution is -0.172. The van der Waals surface area contributed by atoms with Gasteiger partial charge in [0.05, 0.1) is 18.2 Å². The molecule has 0 spiro atoms. The smallest absolute Gasteiger partial charge is 0.329 e. The lowest BCUT2D eigenvalue weighted by Crippen LogP contribution is -2.62. The number of hydrogen-bond donors (Lipinski definition) is 1. The highest BCUT2D eigenvalue weighted by molar-refractivity contribution is 5.68. The maximum absolute atomic E-state index is 10.6. The zero-order valence-corrected chi connectivity index (χ0v) is 11.9.